The number of aliphatic hydroxyl groups is 1. The molecular weight excluding hydrogens is 233 g/mol. The summed E-state index contributed by atoms with van der Waals surface area (Å²) in [5.41, 5.74) is 1.00. The minimum atomic E-state index is -0.316. The highest BCUT2D eigenvalue weighted by molar-refractivity contribution is 6.31. The van der Waals surface area contributed by atoms with Crippen LogP contribution in [0.5, 0.6) is 0 Å². The Morgan fingerprint density at radius 3 is 2.73 bits per heavy atom. The van der Waals surface area contributed by atoms with Crippen molar-refractivity contribution in [1.29, 1.82) is 0 Å². The van der Waals surface area contributed by atoms with Gasteiger partial charge in [0, 0.05) is 5.02 Å². The standard InChI is InChI=1S/C11H14ClNO.ClH/c12-9-5-2-1-4-8(9)11-10(14)6-3-7-13-11;/h1-2,4-5,10-11,13-14H,3,6-7H2;1H. The molecule has 15 heavy (non-hydrogen) atoms. The molecule has 2 nitrogen and oxygen atoms in total. The molecule has 0 saturated carbocycles. The molecule has 2 unspecified atom stereocenters. The highest BCUT2D eigenvalue weighted by Crippen LogP contribution is 2.28. The van der Waals surface area contributed by atoms with Gasteiger partial charge in [-0.3, -0.25) is 0 Å². The zero-order valence-corrected chi connectivity index (χ0v) is 9.89. The van der Waals surface area contributed by atoms with Crippen molar-refractivity contribution < 1.29 is 5.11 Å². The summed E-state index contributed by atoms with van der Waals surface area (Å²) in [7, 11) is 0. The molecule has 1 aliphatic heterocycles. The van der Waals surface area contributed by atoms with Crippen LogP contribution < -0.4 is 5.32 Å². The van der Waals surface area contributed by atoms with Gasteiger partial charge in [-0.25, -0.2) is 0 Å². The lowest BCUT2D eigenvalue weighted by Crippen LogP contribution is -2.37. The van der Waals surface area contributed by atoms with Gasteiger partial charge in [-0.1, -0.05) is 29.8 Å². The molecule has 0 radical (unpaired) electrons. The topological polar surface area (TPSA) is 32.3 Å². The SMILES string of the molecule is Cl.OC1CCCNC1c1ccccc1Cl. The summed E-state index contributed by atoms with van der Waals surface area (Å²) in [5, 5.41) is 13.8. The molecule has 1 heterocycles. The van der Waals surface area contributed by atoms with Crippen LogP contribution in [0, 0.1) is 0 Å². The van der Waals surface area contributed by atoms with Crippen molar-refractivity contribution in [2.45, 2.75) is 25.0 Å². The number of halogens is 2. The van der Waals surface area contributed by atoms with Crippen LogP contribution in [-0.2, 0) is 0 Å². The number of hydrogen-bond donors (Lipinski definition) is 2. The summed E-state index contributed by atoms with van der Waals surface area (Å²) in [5.74, 6) is 0. The van der Waals surface area contributed by atoms with E-state index in [0.717, 1.165) is 30.0 Å². The van der Waals surface area contributed by atoms with Gasteiger partial charge in [0.25, 0.3) is 0 Å². The van der Waals surface area contributed by atoms with Gasteiger partial charge in [0.05, 0.1) is 12.1 Å². The van der Waals surface area contributed by atoms with Crippen molar-refractivity contribution in [3.05, 3.63) is 34.9 Å². The van der Waals surface area contributed by atoms with Crippen LogP contribution in [0.1, 0.15) is 24.4 Å². The Morgan fingerprint density at radius 2 is 2.07 bits per heavy atom. The molecule has 0 spiro atoms. The fourth-order valence-corrected chi connectivity index (χ4v) is 2.17. The average Bonchev–Trinajstić information content (AvgIpc) is 2.20. The first kappa shape index (κ1) is 12.8. The molecule has 2 rings (SSSR count). The molecule has 84 valence electrons. The van der Waals surface area contributed by atoms with E-state index in [1.54, 1.807) is 0 Å². The Bertz CT molecular complexity index is 319. The highest BCUT2D eigenvalue weighted by Gasteiger charge is 2.25. The number of aliphatic hydroxyl groups excluding tert-OH is 1. The maximum Gasteiger partial charge on any atom is 0.0735 e. The smallest absolute Gasteiger partial charge is 0.0735 e. The van der Waals surface area contributed by atoms with E-state index in [1.165, 1.54) is 0 Å². The van der Waals surface area contributed by atoms with Gasteiger partial charge < -0.3 is 10.4 Å². The fraction of sp³-hybridized carbons (Fsp3) is 0.455. The number of rotatable bonds is 1. The van der Waals surface area contributed by atoms with Crippen molar-refractivity contribution in [3.8, 4) is 0 Å². The van der Waals surface area contributed by atoms with Crippen molar-refractivity contribution in [3.63, 3.8) is 0 Å². The van der Waals surface area contributed by atoms with E-state index in [1.807, 2.05) is 24.3 Å². The van der Waals surface area contributed by atoms with Crippen molar-refractivity contribution in [2.75, 3.05) is 6.54 Å². The van der Waals surface area contributed by atoms with Crippen LogP contribution in [0.3, 0.4) is 0 Å². The molecule has 2 N–H and O–H groups in total. The average molecular weight is 248 g/mol. The second-order valence-electron chi connectivity index (χ2n) is 3.66. The van der Waals surface area contributed by atoms with Gasteiger partial charge in [-0.2, -0.15) is 0 Å². The first-order chi connectivity index (χ1) is 6.79. The van der Waals surface area contributed by atoms with Gasteiger partial charge in [0.15, 0.2) is 0 Å². The van der Waals surface area contributed by atoms with Crippen molar-refractivity contribution >= 4 is 24.0 Å². The molecule has 4 heteroatoms. The lowest BCUT2D eigenvalue weighted by molar-refractivity contribution is 0.0966. The molecular formula is C11H15Cl2NO. The quantitative estimate of drug-likeness (QED) is 0.800. The zero-order chi connectivity index (χ0) is 9.97. The molecule has 1 fully saturated rings. The number of piperidine rings is 1. The third-order valence-electron chi connectivity index (χ3n) is 2.67. The predicted molar refractivity (Wildman–Crippen MR) is 64.7 cm³/mol. The predicted octanol–water partition coefficient (Wildman–Crippen LogP) is 2.55. The maximum atomic E-state index is 9.83. The molecule has 1 aliphatic rings. The Balaban J connectivity index is 0.00000112. The van der Waals surface area contributed by atoms with Crippen molar-refractivity contribution in [2.24, 2.45) is 0 Å². The maximum absolute atomic E-state index is 9.83. The molecule has 2 atom stereocenters. The van der Waals surface area contributed by atoms with E-state index in [9.17, 15) is 5.11 Å². The number of benzene rings is 1. The Morgan fingerprint density at radius 1 is 1.33 bits per heavy atom. The largest absolute Gasteiger partial charge is 0.391 e. The molecule has 1 saturated heterocycles. The molecule has 1 aromatic rings. The second-order valence-corrected chi connectivity index (χ2v) is 4.07. The van der Waals surface area contributed by atoms with Crippen LogP contribution in [0.15, 0.2) is 24.3 Å². The second kappa shape index (κ2) is 5.71. The lowest BCUT2D eigenvalue weighted by atomic mass is 9.95. The van der Waals surface area contributed by atoms with Crippen LogP contribution in [0.25, 0.3) is 0 Å². The zero-order valence-electron chi connectivity index (χ0n) is 8.32. The van der Waals surface area contributed by atoms with Gasteiger partial charge >= 0.3 is 0 Å². The number of hydrogen-bond acceptors (Lipinski definition) is 2. The molecule has 0 aromatic heterocycles. The van der Waals surface area contributed by atoms with Gasteiger partial charge in [0.1, 0.15) is 0 Å². The van der Waals surface area contributed by atoms with Crippen LogP contribution in [0.2, 0.25) is 5.02 Å². The van der Waals surface area contributed by atoms with Gasteiger partial charge in [0.2, 0.25) is 0 Å². The van der Waals surface area contributed by atoms with Crippen LogP contribution in [0.4, 0.5) is 0 Å². The van der Waals surface area contributed by atoms with Gasteiger partial charge in [-0.15, -0.1) is 12.4 Å². The normalized spacial score (nSPS) is 25.7. The summed E-state index contributed by atoms with van der Waals surface area (Å²) in [4.78, 5) is 0. The molecule has 0 bridgehead atoms. The molecule has 1 aromatic carbocycles. The minimum absolute atomic E-state index is 0. The van der Waals surface area contributed by atoms with E-state index < -0.39 is 0 Å². The fourth-order valence-electron chi connectivity index (χ4n) is 1.92. The first-order valence-corrected chi connectivity index (χ1v) is 5.32. The van der Waals surface area contributed by atoms with E-state index in [4.69, 9.17) is 11.6 Å². The summed E-state index contributed by atoms with van der Waals surface area (Å²) in [6, 6.07) is 7.68. The minimum Gasteiger partial charge on any atom is -0.391 e. The van der Waals surface area contributed by atoms with Crippen molar-refractivity contribution in [1.82, 2.24) is 5.32 Å². The third kappa shape index (κ3) is 2.85. The first-order valence-electron chi connectivity index (χ1n) is 4.95. The third-order valence-corrected chi connectivity index (χ3v) is 3.01. The Labute approximate surface area is 101 Å². The monoisotopic (exact) mass is 247 g/mol. The van der Waals surface area contributed by atoms with Crippen LogP contribution in [-0.4, -0.2) is 17.8 Å². The Hall–Kier alpha value is -0.280. The van der Waals surface area contributed by atoms with Crippen LogP contribution >= 0.6 is 24.0 Å². The Kier molecular flexibility index (Phi) is 4.87. The summed E-state index contributed by atoms with van der Waals surface area (Å²) >= 11 is 6.07. The summed E-state index contributed by atoms with van der Waals surface area (Å²) < 4.78 is 0. The van der Waals surface area contributed by atoms with E-state index in [0.29, 0.717) is 0 Å². The van der Waals surface area contributed by atoms with E-state index in [-0.39, 0.29) is 24.6 Å². The van der Waals surface area contributed by atoms with E-state index >= 15 is 0 Å². The summed E-state index contributed by atoms with van der Waals surface area (Å²) in [6.45, 7) is 0.951. The van der Waals surface area contributed by atoms with E-state index in [2.05, 4.69) is 5.32 Å². The molecule has 0 amide bonds. The molecule has 0 aliphatic carbocycles. The van der Waals surface area contributed by atoms with Gasteiger partial charge in [-0.05, 0) is 31.0 Å². The number of nitrogens with one attached hydrogen (secondary N) is 1. The summed E-state index contributed by atoms with van der Waals surface area (Å²) in [6.07, 6.45) is 1.56. The lowest BCUT2D eigenvalue weighted by Gasteiger charge is -2.29. The highest BCUT2D eigenvalue weighted by atomic mass is 35.5.